The van der Waals surface area contributed by atoms with Crippen molar-refractivity contribution in [3.8, 4) is 10.6 Å². The van der Waals surface area contributed by atoms with Gasteiger partial charge in [0, 0.05) is 35.9 Å². The Kier molecular flexibility index (Phi) is 6.16. The molecule has 8 heteroatoms. The van der Waals surface area contributed by atoms with Crippen LogP contribution < -0.4 is 5.32 Å². The Morgan fingerprint density at radius 2 is 1.59 bits per heavy atom. The van der Waals surface area contributed by atoms with E-state index in [1.54, 1.807) is 30.5 Å². The molecule has 2 aromatic heterocycles. The predicted octanol–water partition coefficient (Wildman–Crippen LogP) is 5.46. The molecule has 37 heavy (non-hydrogen) atoms. The largest absolute Gasteiger partial charge is 0.357 e. The zero-order valence-corrected chi connectivity index (χ0v) is 20.7. The Morgan fingerprint density at radius 3 is 2.38 bits per heavy atom. The first-order valence-electron chi connectivity index (χ1n) is 12.1. The fourth-order valence-corrected chi connectivity index (χ4v) is 5.46. The second-order valence-corrected chi connectivity index (χ2v) is 9.95. The molecule has 2 amide bonds. The molecule has 3 aromatic carbocycles. The van der Waals surface area contributed by atoms with Crippen LogP contribution in [0.5, 0.6) is 0 Å². The third-order valence-corrected chi connectivity index (χ3v) is 7.45. The van der Waals surface area contributed by atoms with Crippen LogP contribution in [0, 0.1) is 0 Å². The molecule has 1 unspecified atom stereocenters. The van der Waals surface area contributed by atoms with Crippen LogP contribution in [0.1, 0.15) is 32.7 Å². The Labute approximate surface area is 217 Å². The highest BCUT2D eigenvalue weighted by Gasteiger charge is 2.35. The maximum atomic E-state index is 12.9. The van der Waals surface area contributed by atoms with Crippen molar-refractivity contribution < 1.29 is 9.59 Å². The molecule has 7 nitrogen and oxygen atoms in total. The van der Waals surface area contributed by atoms with E-state index in [1.807, 2.05) is 42.6 Å². The van der Waals surface area contributed by atoms with Crippen LogP contribution in [-0.4, -0.2) is 44.5 Å². The molecule has 1 N–H and O–H groups in total. The number of amides is 2. The van der Waals surface area contributed by atoms with E-state index in [-0.39, 0.29) is 17.9 Å². The molecule has 182 valence electrons. The van der Waals surface area contributed by atoms with Gasteiger partial charge in [0.1, 0.15) is 5.01 Å². The summed E-state index contributed by atoms with van der Waals surface area (Å²) in [6.07, 6.45) is 4.93. The topological polar surface area (TPSA) is 88.1 Å². The number of nitrogens with zero attached hydrogens (tertiary/aromatic N) is 4. The second kappa shape index (κ2) is 9.91. The molecule has 0 bridgehead atoms. The average molecular weight is 506 g/mol. The number of pyridine rings is 1. The van der Waals surface area contributed by atoms with Gasteiger partial charge in [-0.05, 0) is 48.1 Å². The van der Waals surface area contributed by atoms with Gasteiger partial charge in [0.2, 0.25) is 5.13 Å². The van der Waals surface area contributed by atoms with Crippen molar-refractivity contribution in [2.75, 3.05) is 11.9 Å². The fraction of sp³-hybridized carbons (Fsp3) is 0.138. The summed E-state index contributed by atoms with van der Waals surface area (Å²) in [6.45, 7) is 0.321. The fourth-order valence-electron chi connectivity index (χ4n) is 4.64. The molecule has 1 aliphatic rings. The van der Waals surface area contributed by atoms with Crippen LogP contribution in [0.2, 0.25) is 0 Å². The first-order valence-corrected chi connectivity index (χ1v) is 12.9. The van der Waals surface area contributed by atoms with E-state index in [4.69, 9.17) is 0 Å². The van der Waals surface area contributed by atoms with Crippen molar-refractivity contribution in [2.24, 2.45) is 0 Å². The zero-order chi connectivity index (χ0) is 25.2. The number of hydrogen-bond donors (Lipinski definition) is 1. The van der Waals surface area contributed by atoms with Gasteiger partial charge in [-0.1, -0.05) is 65.9 Å². The molecule has 3 heterocycles. The summed E-state index contributed by atoms with van der Waals surface area (Å²) in [7, 11) is 0. The number of hydrogen-bond acceptors (Lipinski definition) is 7. The highest BCUT2D eigenvalue weighted by atomic mass is 32.1. The highest BCUT2D eigenvalue weighted by molar-refractivity contribution is 7.18. The minimum atomic E-state index is -0.233. The highest BCUT2D eigenvalue weighted by Crippen LogP contribution is 2.30. The number of nitrogens with one attached hydrogen (secondary N) is 1. The smallest absolute Gasteiger partial charge is 0.261 e. The first kappa shape index (κ1) is 23.0. The Bertz CT molecular complexity index is 1570. The van der Waals surface area contributed by atoms with E-state index in [1.165, 1.54) is 16.2 Å². The third-order valence-electron chi connectivity index (χ3n) is 6.54. The van der Waals surface area contributed by atoms with Crippen LogP contribution >= 0.6 is 11.3 Å². The lowest BCUT2D eigenvalue weighted by molar-refractivity contribution is 0.0651. The van der Waals surface area contributed by atoms with Crippen molar-refractivity contribution in [3.63, 3.8) is 0 Å². The zero-order valence-electron chi connectivity index (χ0n) is 19.9. The molecule has 0 saturated carbocycles. The van der Waals surface area contributed by atoms with Crippen LogP contribution in [0.25, 0.3) is 21.3 Å². The monoisotopic (exact) mass is 505 g/mol. The normalized spacial score (nSPS) is 13.7. The summed E-state index contributed by atoms with van der Waals surface area (Å²) in [5.74, 6) is -0.465. The second-order valence-electron chi connectivity index (χ2n) is 8.98. The van der Waals surface area contributed by atoms with Gasteiger partial charge in [0.15, 0.2) is 0 Å². The lowest BCUT2D eigenvalue weighted by Crippen LogP contribution is -2.35. The van der Waals surface area contributed by atoms with E-state index < -0.39 is 0 Å². The van der Waals surface area contributed by atoms with E-state index >= 15 is 0 Å². The van der Waals surface area contributed by atoms with E-state index in [0.29, 0.717) is 29.2 Å². The number of carbonyl (C=O) groups is 2. The lowest BCUT2D eigenvalue weighted by Gasteiger charge is -2.21. The molecule has 1 atom stereocenters. The molecule has 0 radical (unpaired) electrons. The Balaban J connectivity index is 1.20. The maximum absolute atomic E-state index is 12.9. The van der Waals surface area contributed by atoms with Gasteiger partial charge < -0.3 is 5.32 Å². The molecule has 0 aliphatic carbocycles. The molecular weight excluding hydrogens is 482 g/mol. The number of carbonyl (C=O) groups excluding carboxylic acids is 2. The number of rotatable bonds is 8. The summed E-state index contributed by atoms with van der Waals surface area (Å²) < 4.78 is 0. The number of aromatic nitrogens is 3. The maximum Gasteiger partial charge on any atom is 0.261 e. The summed E-state index contributed by atoms with van der Waals surface area (Å²) in [4.78, 5) is 31.2. The van der Waals surface area contributed by atoms with Crippen molar-refractivity contribution in [2.45, 2.75) is 18.9 Å². The quantitative estimate of drug-likeness (QED) is 0.282. The van der Waals surface area contributed by atoms with Crippen molar-refractivity contribution in [1.82, 2.24) is 20.1 Å². The van der Waals surface area contributed by atoms with Crippen LogP contribution in [0.3, 0.4) is 0 Å². The standard InChI is InChI=1S/C29H23N5O2S/c35-27-24-8-4-5-9-25(24)28(36)34(27)15-13-23(16-19-6-2-1-3-7-19)31-29-33-32-26(37-29)21-10-11-22-18-30-14-12-20(22)17-21/h1-12,14,17-18,23H,13,15-16H2,(H,31,33). The van der Waals surface area contributed by atoms with Crippen LogP contribution in [0.15, 0.2) is 91.3 Å². The molecule has 0 spiro atoms. The molecule has 1 aliphatic heterocycles. The first-order chi connectivity index (χ1) is 18.2. The minimum Gasteiger partial charge on any atom is -0.357 e. The SMILES string of the molecule is O=C1c2ccccc2C(=O)N1CCC(Cc1ccccc1)Nc1nnc(-c2ccc3cnccc3c2)s1. The Morgan fingerprint density at radius 1 is 0.838 bits per heavy atom. The number of imide groups is 1. The molecule has 5 aromatic rings. The summed E-state index contributed by atoms with van der Waals surface area (Å²) >= 11 is 1.49. The molecular formula is C29H23N5O2S. The van der Waals surface area contributed by atoms with E-state index in [9.17, 15) is 9.59 Å². The van der Waals surface area contributed by atoms with Gasteiger partial charge in [-0.2, -0.15) is 0 Å². The van der Waals surface area contributed by atoms with Gasteiger partial charge >= 0.3 is 0 Å². The summed E-state index contributed by atoms with van der Waals surface area (Å²) in [5, 5.41) is 16.0. The average Bonchev–Trinajstić information content (AvgIpc) is 3.50. The van der Waals surface area contributed by atoms with Crippen LogP contribution in [-0.2, 0) is 6.42 Å². The van der Waals surface area contributed by atoms with E-state index in [2.05, 4.69) is 38.7 Å². The molecule has 0 saturated heterocycles. The number of fused-ring (bicyclic) bond motifs is 2. The summed E-state index contributed by atoms with van der Waals surface area (Å²) in [6, 6.07) is 25.2. The Hall–Kier alpha value is -4.43. The third kappa shape index (κ3) is 4.71. The van der Waals surface area contributed by atoms with Gasteiger partial charge in [-0.25, -0.2) is 0 Å². The number of benzene rings is 3. The molecule has 0 fully saturated rings. The summed E-state index contributed by atoms with van der Waals surface area (Å²) in [5.41, 5.74) is 3.10. The van der Waals surface area contributed by atoms with Crippen molar-refractivity contribution in [1.29, 1.82) is 0 Å². The minimum absolute atomic E-state index is 0.0461. The lowest BCUT2D eigenvalue weighted by atomic mass is 10.0. The van der Waals surface area contributed by atoms with E-state index in [0.717, 1.165) is 33.3 Å². The van der Waals surface area contributed by atoms with Gasteiger partial charge in [0.25, 0.3) is 11.8 Å². The molecule has 6 rings (SSSR count). The van der Waals surface area contributed by atoms with Crippen molar-refractivity contribution in [3.05, 3.63) is 108 Å². The van der Waals surface area contributed by atoms with Gasteiger partial charge in [-0.15, -0.1) is 10.2 Å². The van der Waals surface area contributed by atoms with Gasteiger partial charge in [0.05, 0.1) is 11.1 Å². The predicted molar refractivity (Wildman–Crippen MR) is 145 cm³/mol. The van der Waals surface area contributed by atoms with Crippen molar-refractivity contribution >= 4 is 39.1 Å². The van der Waals surface area contributed by atoms with Crippen LogP contribution in [0.4, 0.5) is 5.13 Å². The van der Waals surface area contributed by atoms with Gasteiger partial charge in [-0.3, -0.25) is 19.5 Å². The number of anilines is 1.